The molecule has 0 aliphatic heterocycles. The van der Waals surface area contributed by atoms with E-state index in [2.05, 4.69) is 6.26 Å². The Hall–Kier alpha value is -1.03. The zero-order valence-corrected chi connectivity index (χ0v) is 16.0. The molecule has 0 saturated carbocycles. The first-order valence-electron chi connectivity index (χ1n) is 9.46. The largest absolute Gasteiger partial charge is 0.269 e. The summed E-state index contributed by atoms with van der Waals surface area (Å²) in [6.45, 7) is 0. The van der Waals surface area contributed by atoms with Gasteiger partial charge in [-0.2, -0.15) is 11.8 Å². The van der Waals surface area contributed by atoms with Crippen molar-refractivity contribution < 1.29 is 4.92 Å². The van der Waals surface area contributed by atoms with Crippen LogP contribution < -0.4 is 0 Å². The minimum Gasteiger partial charge on any atom is -0.258 e. The summed E-state index contributed by atoms with van der Waals surface area (Å²) >= 11 is 1.96. The van der Waals surface area contributed by atoms with Crippen LogP contribution in [0, 0.1) is 10.1 Å². The molecule has 0 fully saturated rings. The van der Waals surface area contributed by atoms with Gasteiger partial charge in [-0.1, -0.05) is 69.9 Å². The van der Waals surface area contributed by atoms with Gasteiger partial charge in [0.15, 0.2) is 0 Å². The van der Waals surface area contributed by atoms with Gasteiger partial charge in [0, 0.05) is 12.1 Å². The Balaban J connectivity index is 1.87. The Labute approximate surface area is 151 Å². The molecular formula is C20H33NO2S. The molecule has 4 heteroatoms. The lowest BCUT2D eigenvalue weighted by molar-refractivity contribution is -0.384. The molecule has 1 aromatic carbocycles. The van der Waals surface area contributed by atoms with Crippen molar-refractivity contribution in [1.82, 2.24) is 0 Å². The fourth-order valence-corrected chi connectivity index (χ4v) is 3.44. The maximum absolute atomic E-state index is 10.6. The molecule has 0 unspecified atom stereocenters. The van der Waals surface area contributed by atoms with Crippen molar-refractivity contribution in [3.05, 3.63) is 39.9 Å². The summed E-state index contributed by atoms with van der Waals surface area (Å²) in [5, 5.41) is 10.6. The second kappa shape index (κ2) is 14.3. The normalized spacial score (nSPS) is 10.9. The SMILES string of the molecule is CSCCCCCCCCCCCCCc1ccc([N+](=O)[O-])cc1. The van der Waals surface area contributed by atoms with Crippen LogP contribution in [0.3, 0.4) is 0 Å². The van der Waals surface area contributed by atoms with Gasteiger partial charge in [0.1, 0.15) is 0 Å². The van der Waals surface area contributed by atoms with E-state index in [-0.39, 0.29) is 10.6 Å². The first-order valence-corrected chi connectivity index (χ1v) is 10.9. The van der Waals surface area contributed by atoms with Gasteiger partial charge in [-0.15, -0.1) is 0 Å². The van der Waals surface area contributed by atoms with Crippen molar-refractivity contribution in [2.45, 2.75) is 77.0 Å². The van der Waals surface area contributed by atoms with Crippen LogP contribution in [0.15, 0.2) is 24.3 Å². The Morgan fingerprint density at radius 2 is 1.25 bits per heavy atom. The Kier molecular flexibility index (Phi) is 12.5. The molecule has 0 spiro atoms. The molecule has 24 heavy (non-hydrogen) atoms. The monoisotopic (exact) mass is 351 g/mol. The molecule has 0 amide bonds. The van der Waals surface area contributed by atoms with Crippen LogP contribution in [0.1, 0.15) is 76.2 Å². The molecule has 0 bridgehead atoms. The Morgan fingerprint density at radius 3 is 1.71 bits per heavy atom. The van der Waals surface area contributed by atoms with E-state index in [0.29, 0.717) is 0 Å². The zero-order chi connectivity index (χ0) is 17.5. The summed E-state index contributed by atoms with van der Waals surface area (Å²) in [5.74, 6) is 1.32. The third kappa shape index (κ3) is 10.7. The predicted molar refractivity (Wildman–Crippen MR) is 106 cm³/mol. The minimum atomic E-state index is -0.339. The third-order valence-electron chi connectivity index (χ3n) is 4.46. The van der Waals surface area contributed by atoms with Crippen molar-refractivity contribution in [2.75, 3.05) is 12.0 Å². The van der Waals surface area contributed by atoms with Crippen molar-refractivity contribution in [2.24, 2.45) is 0 Å². The summed E-state index contributed by atoms with van der Waals surface area (Å²) in [6, 6.07) is 6.99. The van der Waals surface area contributed by atoms with Crippen LogP contribution in [0.4, 0.5) is 5.69 Å². The summed E-state index contributed by atoms with van der Waals surface area (Å²) in [6.07, 6.45) is 18.1. The van der Waals surface area contributed by atoms with Gasteiger partial charge in [0.05, 0.1) is 4.92 Å². The molecule has 3 nitrogen and oxygen atoms in total. The molecule has 136 valence electrons. The molecule has 0 heterocycles. The number of non-ortho nitro benzene ring substituents is 1. The molecule has 1 rings (SSSR count). The highest BCUT2D eigenvalue weighted by Gasteiger charge is 2.03. The van der Waals surface area contributed by atoms with Crippen LogP contribution in [0.5, 0.6) is 0 Å². The highest BCUT2D eigenvalue weighted by atomic mass is 32.2. The number of nitro groups is 1. The number of unbranched alkanes of at least 4 members (excludes halogenated alkanes) is 10. The number of hydrogen-bond acceptors (Lipinski definition) is 3. The smallest absolute Gasteiger partial charge is 0.258 e. The number of thioether (sulfide) groups is 1. The van der Waals surface area contributed by atoms with Crippen LogP contribution >= 0.6 is 11.8 Å². The minimum absolute atomic E-state index is 0.183. The van der Waals surface area contributed by atoms with Gasteiger partial charge in [0.2, 0.25) is 0 Å². The number of benzene rings is 1. The molecular weight excluding hydrogens is 318 g/mol. The molecule has 0 aliphatic rings. The fourth-order valence-electron chi connectivity index (χ4n) is 2.95. The number of hydrogen-bond donors (Lipinski definition) is 0. The summed E-state index contributed by atoms with van der Waals surface area (Å²) in [4.78, 5) is 10.3. The highest BCUT2D eigenvalue weighted by molar-refractivity contribution is 7.98. The fraction of sp³-hybridized carbons (Fsp3) is 0.700. The van der Waals surface area contributed by atoms with E-state index in [1.54, 1.807) is 12.1 Å². The quantitative estimate of drug-likeness (QED) is 0.198. The average molecular weight is 352 g/mol. The van der Waals surface area contributed by atoms with Crippen LogP contribution in [0.25, 0.3) is 0 Å². The second-order valence-corrected chi connectivity index (χ2v) is 7.54. The van der Waals surface area contributed by atoms with Gasteiger partial charge in [-0.3, -0.25) is 10.1 Å². The highest BCUT2D eigenvalue weighted by Crippen LogP contribution is 2.15. The van der Waals surface area contributed by atoms with E-state index in [1.165, 1.54) is 81.9 Å². The lowest BCUT2D eigenvalue weighted by Crippen LogP contribution is -1.90. The average Bonchev–Trinajstić information content (AvgIpc) is 2.59. The lowest BCUT2D eigenvalue weighted by atomic mass is 10.0. The van der Waals surface area contributed by atoms with Crippen LogP contribution in [0.2, 0.25) is 0 Å². The molecule has 0 aromatic heterocycles. The van der Waals surface area contributed by atoms with Crippen molar-refractivity contribution >= 4 is 17.4 Å². The van der Waals surface area contributed by atoms with Crippen LogP contribution in [-0.4, -0.2) is 16.9 Å². The predicted octanol–water partition coefficient (Wildman–Crippen LogP) is 6.79. The van der Waals surface area contributed by atoms with E-state index in [1.807, 2.05) is 23.9 Å². The molecule has 0 saturated heterocycles. The van der Waals surface area contributed by atoms with Crippen LogP contribution in [-0.2, 0) is 6.42 Å². The number of rotatable bonds is 15. The van der Waals surface area contributed by atoms with E-state index < -0.39 is 0 Å². The van der Waals surface area contributed by atoms with Gasteiger partial charge in [0.25, 0.3) is 5.69 Å². The van der Waals surface area contributed by atoms with Gasteiger partial charge < -0.3 is 0 Å². The maximum atomic E-state index is 10.6. The molecule has 1 aromatic rings. The lowest BCUT2D eigenvalue weighted by Gasteiger charge is -2.03. The third-order valence-corrected chi connectivity index (χ3v) is 5.16. The summed E-state index contributed by atoms with van der Waals surface area (Å²) in [5.41, 5.74) is 1.39. The van der Waals surface area contributed by atoms with Gasteiger partial charge in [-0.25, -0.2) is 0 Å². The number of nitro benzene ring substituents is 1. The first kappa shape index (κ1) is 21.0. The Morgan fingerprint density at radius 1 is 0.792 bits per heavy atom. The van der Waals surface area contributed by atoms with E-state index in [4.69, 9.17) is 0 Å². The van der Waals surface area contributed by atoms with Gasteiger partial charge in [-0.05, 0) is 36.8 Å². The standard InChI is InChI=1S/C20H33NO2S/c1-24-18-12-10-8-6-4-2-3-5-7-9-11-13-19-14-16-20(17-15-19)21(22)23/h14-17H,2-13,18H2,1H3. The van der Waals surface area contributed by atoms with Gasteiger partial charge >= 0.3 is 0 Å². The van der Waals surface area contributed by atoms with E-state index in [0.717, 1.165) is 6.42 Å². The molecule has 0 atom stereocenters. The number of nitrogens with zero attached hydrogens (tertiary/aromatic N) is 1. The Bertz CT molecular complexity index is 434. The van der Waals surface area contributed by atoms with Crippen molar-refractivity contribution in [1.29, 1.82) is 0 Å². The summed E-state index contributed by atoms with van der Waals surface area (Å²) in [7, 11) is 0. The summed E-state index contributed by atoms with van der Waals surface area (Å²) < 4.78 is 0. The topological polar surface area (TPSA) is 43.1 Å². The van der Waals surface area contributed by atoms with E-state index >= 15 is 0 Å². The molecule has 0 N–H and O–H groups in total. The molecule has 0 radical (unpaired) electrons. The second-order valence-electron chi connectivity index (χ2n) is 6.56. The maximum Gasteiger partial charge on any atom is 0.269 e. The van der Waals surface area contributed by atoms with Crippen molar-refractivity contribution in [3.8, 4) is 0 Å². The van der Waals surface area contributed by atoms with Crippen molar-refractivity contribution in [3.63, 3.8) is 0 Å². The number of aryl methyl sites for hydroxylation is 1. The zero-order valence-electron chi connectivity index (χ0n) is 15.2. The molecule has 0 aliphatic carbocycles. The first-order chi connectivity index (χ1) is 11.7. The van der Waals surface area contributed by atoms with E-state index in [9.17, 15) is 10.1 Å².